The Balaban J connectivity index is 1.93. The van der Waals surface area contributed by atoms with Crippen LogP contribution in [0.3, 0.4) is 0 Å². The smallest absolute Gasteiger partial charge is 0.273 e. The first-order chi connectivity index (χ1) is 11.5. The summed E-state index contributed by atoms with van der Waals surface area (Å²) in [4.78, 5) is 25.9. The zero-order valence-corrected chi connectivity index (χ0v) is 13.9. The van der Waals surface area contributed by atoms with Crippen LogP contribution in [0.15, 0.2) is 48.5 Å². The molecule has 0 radical (unpaired) electrons. The van der Waals surface area contributed by atoms with Crippen LogP contribution in [0.1, 0.15) is 17.3 Å². The summed E-state index contributed by atoms with van der Waals surface area (Å²) in [5, 5.41) is 9.97. The number of likely N-dealkylation sites (N-methyl/N-ethyl adjacent to an activating group) is 1. The molecule has 0 unspecified atom stereocenters. The molecule has 0 aliphatic rings. The molecule has 7 heteroatoms. The SMILES string of the molecule is CCN(CC(=O)NNC(=O)c1cc(Cl)ccc1O)c1ccccc1. The van der Waals surface area contributed by atoms with E-state index in [1.807, 2.05) is 42.2 Å². The Bertz CT molecular complexity index is 722. The van der Waals surface area contributed by atoms with Gasteiger partial charge in [0, 0.05) is 17.3 Å². The molecular weight excluding hydrogens is 330 g/mol. The molecule has 24 heavy (non-hydrogen) atoms. The lowest BCUT2D eigenvalue weighted by Gasteiger charge is -2.22. The van der Waals surface area contributed by atoms with Crippen molar-refractivity contribution in [2.45, 2.75) is 6.92 Å². The minimum Gasteiger partial charge on any atom is -0.507 e. The van der Waals surface area contributed by atoms with Crippen molar-refractivity contribution in [3.63, 3.8) is 0 Å². The summed E-state index contributed by atoms with van der Waals surface area (Å²) < 4.78 is 0. The molecule has 2 aromatic carbocycles. The van der Waals surface area contributed by atoms with Gasteiger partial charge in [-0.15, -0.1) is 0 Å². The van der Waals surface area contributed by atoms with E-state index in [1.165, 1.54) is 18.2 Å². The van der Waals surface area contributed by atoms with Gasteiger partial charge in [0.15, 0.2) is 0 Å². The molecule has 0 spiro atoms. The third-order valence-electron chi connectivity index (χ3n) is 3.36. The number of phenolic OH excluding ortho intramolecular Hbond substituents is 1. The van der Waals surface area contributed by atoms with Crippen LogP contribution < -0.4 is 15.8 Å². The normalized spacial score (nSPS) is 10.1. The molecule has 2 aromatic rings. The van der Waals surface area contributed by atoms with Crippen molar-refractivity contribution in [1.29, 1.82) is 0 Å². The van der Waals surface area contributed by atoms with Gasteiger partial charge < -0.3 is 10.0 Å². The number of nitrogens with one attached hydrogen (secondary N) is 2. The summed E-state index contributed by atoms with van der Waals surface area (Å²) >= 11 is 5.79. The highest BCUT2D eigenvalue weighted by molar-refractivity contribution is 6.31. The lowest BCUT2D eigenvalue weighted by Crippen LogP contribution is -2.46. The van der Waals surface area contributed by atoms with Gasteiger partial charge >= 0.3 is 0 Å². The molecule has 0 bridgehead atoms. The van der Waals surface area contributed by atoms with Gasteiger partial charge in [-0.25, -0.2) is 0 Å². The van der Waals surface area contributed by atoms with Gasteiger partial charge in [0.2, 0.25) is 0 Å². The average Bonchev–Trinajstić information content (AvgIpc) is 2.60. The van der Waals surface area contributed by atoms with Crippen molar-refractivity contribution in [3.8, 4) is 5.75 Å². The van der Waals surface area contributed by atoms with E-state index in [-0.39, 0.29) is 23.8 Å². The fourth-order valence-electron chi connectivity index (χ4n) is 2.12. The van der Waals surface area contributed by atoms with Crippen LogP contribution in [0.2, 0.25) is 5.02 Å². The monoisotopic (exact) mass is 347 g/mol. The Labute approximate surface area is 145 Å². The van der Waals surface area contributed by atoms with Gasteiger partial charge in [-0.2, -0.15) is 0 Å². The van der Waals surface area contributed by atoms with E-state index in [0.29, 0.717) is 11.6 Å². The number of benzene rings is 2. The summed E-state index contributed by atoms with van der Waals surface area (Å²) in [5.74, 6) is -1.24. The van der Waals surface area contributed by atoms with Crippen LogP contribution in [-0.4, -0.2) is 30.0 Å². The van der Waals surface area contributed by atoms with Gasteiger partial charge in [0.25, 0.3) is 11.8 Å². The quantitative estimate of drug-likeness (QED) is 0.725. The number of hydrogen-bond donors (Lipinski definition) is 3. The molecule has 2 amide bonds. The van der Waals surface area contributed by atoms with Gasteiger partial charge in [0.1, 0.15) is 5.75 Å². The van der Waals surface area contributed by atoms with Crippen LogP contribution in [-0.2, 0) is 4.79 Å². The van der Waals surface area contributed by atoms with E-state index < -0.39 is 5.91 Å². The Hall–Kier alpha value is -2.73. The number of hydrogen-bond acceptors (Lipinski definition) is 4. The van der Waals surface area contributed by atoms with E-state index in [4.69, 9.17) is 11.6 Å². The van der Waals surface area contributed by atoms with Crippen molar-refractivity contribution >= 4 is 29.1 Å². The average molecular weight is 348 g/mol. The van der Waals surface area contributed by atoms with Crippen molar-refractivity contribution in [2.75, 3.05) is 18.0 Å². The fourth-order valence-corrected chi connectivity index (χ4v) is 2.29. The standard InChI is InChI=1S/C17H18ClN3O3/c1-2-21(13-6-4-3-5-7-13)11-16(23)19-20-17(24)14-10-12(18)8-9-15(14)22/h3-10,22H,2,11H2,1H3,(H,19,23)(H,20,24). The molecule has 0 fully saturated rings. The zero-order chi connectivity index (χ0) is 17.5. The lowest BCUT2D eigenvalue weighted by atomic mass is 10.2. The van der Waals surface area contributed by atoms with Crippen LogP contribution >= 0.6 is 11.6 Å². The summed E-state index contributed by atoms with van der Waals surface area (Å²) in [6.07, 6.45) is 0. The first kappa shape index (κ1) is 17.6. The first-order valence-corrected chi connectivity index (χ1v) is 7.76. The van der Waals surface area contributed by atoms with E-state index in [2.05, 4.69) is 10.9 Å². The second kappa shape index (κ2) is 8.21. The Morgan fingerprint density at radius 2 is 1.83 bits per heavy atom. The second-order valence-corrected chi connectivity index (χ2v) is 5.45. The number of carbonyl (C=O) groups excluding carboxylic acids is 2. The third-order valence-corrected chi connectivity index (χ3v) is 3.59. The number of nitrogens with zero attached hydrogens (tertiary/aromatic N) is 1. The maximum Gasteiger partial charge on any atom is 0.273 e. The number of halogens is 1. The van der Waals surface area contributed by atoms with Crippen LogP contribution in [0, 0.1) is 0 Å². The zero-order valence-electron chi connectivity index (χ0n) is 13.1. The molecule has 0 aliphatic carbocycles. The minimum absolute atomic E-state index is 0.0155. The maximum atomic E-state index is 12.0. The van der Waals surface area contributed by atoms with Crippen molar-refractivity contribution in [2.24, 2.45) is 0 Å². The van der Waals surface area contributed by atoms with Crippen molar-refractivity contribution in [3.05, 3.63) is 59.1 Å². The van der Waals surface area contributed by atoms with Crippen LogP contribution in [0.25, 0.3) is 0 Å². The molecule has 126 valence electrons. The number of rotatable bonds is 5. The number of aromatic hydroxyl groups is 1. The van der Waals surface area contributed by atoms with Gasteiger partial charge in [-0.1, -0.05) is 29.8 Å². The van der Waals surface area contributed by atoms with Gasteiger partial charge in [0.05, 0.1) is 12.1 Å². The fraction of sp³-hybridized carbons (Fsp3) is 0.176. The van der Waals surface area contributed by atoms with E-state index >= 15 is 0 Å². The first-order valence-electron chi connectivity index (χ1n) is 7.39. The topological polar surface area (TPSA) is 81.7 Å². The number of amides is 2. The molecular formula is C17H18ClN3O3. The molecule has 0 aromatic heterocycles. The number of hydrazine groups is 1. The van der Waals surface area contributed by atoms with Gasteiger partial charge in [-0.3, -0.25) is 20.4 Å². The largest absolute Gasteiger partial charge is 0.507 e. The minimum atomic E-state index is -0.647. The van der Waals surface area contributed by atoms with E-state index in [9.17, 15) is 14.7 Å². The number of phenols is 1. The highest BCUT2D eigenvalue weighted by atomic mass is 35.5. The molecule has 0 heterocycles. The Morgan fingerprint density at radius 3 is 2.50 bits per heavy atom. The second-order valence-electron chi connectivity index (χ2n) is 5.01. The highest BCUT2D eigenvalue weighted by Gasteiger charge is 2.14. The Morgan fingerprint density at radius 1 is 1.12 bits per heavy atom. The molecule has 0 atom stereocenters. The molecule has 0 saturated heterocycles. The predicted molar refractivity (Wildman–Crippen MR) is 93.1 cm³/mol. The number of carbonyl (C=O) groups is 2. The summed E-state index contributed by atoms with van der Waals surface area (Å²) in [6, 6.07) is 13.6. The van der Waals surface area contributed by atoms with Crippen LogP contribution in [0.4, 0.5) is 5.69 Å². The third kappa shape index (κ3) is 4.63. The number of anilines is 1. The maximum absolute atomic E-state index is 12.0. The van der Waals surface area contributed by atoms with Gasteiger partial charge in [-0.05, 0) is 37.3 Å². The van der Waals surface area contributed by atoms with Crippen LogP contribution in [0.5, 0.6) is 5.75 Å². The van der Waals surface area contributed by atoms with Crippen molar-refractivity contribution < 1.29 is 14.7 Å². The summed E-state index contributed by atoms with van der Waals surface area (Å²) in [7, 11) is 0. The predicted octanol–water partition coefficient (Wildman–Crippen LogP) is 2.33. The molecule has 0 aliphatic heterocycles. The van der Waals surface area contributed by atoms with E-state index in [0.717, 1.165) is 5.69 Å². The summed E-state index contributed by atoms with van der Waals surface area (Å²) in [5.41, 5.74) is 5.49. The van der Waals surface area contributed by atoms with E-state index in [1.54, 1.807) is 0 Å². The lowest BCUT2D eigenvalue weighted by molar-refractivity contribution is -0.120. The summed E-state index contributed by atoms with van der Waals surface area (Å²) in [6.45, 7) is 2.66. The highest BCUT2D eigenvalue weighted by Crippen LogP contribution is 2.21. The number of para-hydroxylation sites is 1. The van der Waals surface area contributed by atoms with Crippen molar-refractivity contribution in [1.82, 2.24) is 10.9 Å². The molecule has 0 saturated carbocycles. The molecule has 2 rings (SSSR count). The Kier molecular flexibility index (Phi) is 6.03. The molecule has 3 N–H and O–H groups in total. The molecule has 6 nitrogen and oxygen atoms in total.